The van der Waals surface area contributed by atoms with Crippen LogP contribution in [0.1, 0.15) is 42.4 Å². The van der Waals surface area contributed by atoms with Gasteiger partial charge in [0.2, 0.25) is 0 Å². The second-order valence-electron chi connectivity index (χ2n) is 7.73. The van der Waals surface area contributed by atoms with Gasteiger partial charge in [-0.2, -0.15) is 5.10 Å². The van der Waals surface area contributed by atoms with Gasteiger partial charge in [-0.1, -0.05) is 26.8 Å². The Labute approximate surface area is 168 Å². The van der Waals surface area contributed by atoms with E-state index in [0.29, 0.717) is 17.3 Å². The summed E-state index contributed by atoms with van der Waals surface area (Å²) < 4.78 is 20.6. The highest BCUT2D eigenvalue weighted by molar-refractivity contribution is 5.93. The van der Waals surface area contributed by atoms with Crippen LogP contribution in [0.15, 0.2) is 36.5 Å². The van der Waals surface area contributed by atoms with Gasteiger partial charge in [0.25, 0.3) is 0 Å². The Bertz CT molecular complexity index is 1070. The number of nitrogens with one attached hydrogen (secondary N) is 1. The van der Waals surface area contributed by atoms with Crippen molar-refractivity contribution in [1.29, 1.82) is 0 Å². The number of hydrogen-bond acceptors (Lipinski definition) is 5. The molecule has 0 bridgehead atoms. The van der Waals surface area contributed by atoms with E-state index in [1.54, 1.807) is 11.8 Å². The van der Waals surface area contributed by atoms with Gasteiger partial charge in [-0.3, -0.25) is 0 Å². The first-order valence-electron chi connectivity index (χ1n) is 9.01. The fourth-order valence-corrected chi connectivity index (χ4v) is 2.81. The van der Waals surface area contributed by atoms with Gasteiger partial charge >= 0.3 is 5.97 Å². The first-order valence-corrected chi connectivity index (χ1v) is 9.01. The van der Waals surface area contributed by atoms with Crippen molar-refractivity contribution >= 4 is 17.6 Å². The Hall–Kier alpha value is -3.42. The van der Waals surface area contributed by atoms with E-state index in [-0.39, 0.29) is 16.8 Å². The molecular weight excluding hydrogens is 375 g/mol. The zero-order valence-electron chi connectivity index (χ0n) is 16.9. The number of halogens is 1. The minimum atomic E-state index is -1.28. The highest BCUT2D eigenvalue weighted by Crippen LogP contribution is 2.32. The lowest BCUT2D eigenvalue weighted by Crippen LogP contribution is -2.13. The van der Waals surface area contributed by atoms with E-state index in [9.17, 15) is 14.3 Å². The number of carboxylic acid groups (broad SMARTS) is 1. The van der Waals surface area contributed by atoms with Gasteiger partial charge in [-0.15, -0.1) is 0 Å². The van der Waals surface area contributed by atoms with Gasteiger partial charge in [-0.25, -0.2) is 18.9 Å². The van der Waals surface area contributed by atoms with Crippen molar-refractivity contribution in [2.24, 2.45) is 0 Å². The van der Waals surface area contributed by atoms with Crippen LogP contribution in [0.25, 0.3) is 5.69 Å². The summed E-state index contributed by atoms with van der Waals surface area (Å²) in [5, 5.41) is 17.1. The molecule has 0 saturated carbocycles. The average Bonchev–Trinajstić information content (AvgIpc) is 3.07. The zero-order valence-corrected chi connectivity index (χ0v) is 16.9. The third-order valence-electron chi connectivity index (χ3n) is 4.37. The second-order valence-corrected chi connectivity index (χ2v) is 7.73. The summed E-state index contributed by atoms with van der Waals surface area (Å²) in [6, 6.07) is 8.42. The number of ether oxygens (including phenoxy) is 1. The Morgan fingerprint density at radius 3 is 2.59 bits per heavy atom. The van der Waals surface area contributed by atoms with E-state index in [4.69, 9.17) is 9.84 Å². The summed E-state index contributed by atoms with van der Waals surface area (Å²) in [7, 11) is 1.57. The van der Waals surface area contributed by atoms with E-state index < -0.39 is 11.8 Å². The quantitative estimate of drug-likeness (QED) is 0.659. The molecule has 0 spiro atoms. The predicted molar refractivity (Wildman–Crippen MR) is 108 cm³/mol. The minimum Gasteiger partial charge on any atom is -0.494 e. The summed E-state index contributed by atoms with van der Waals surface area (Å²) in [6.45, 7) is 8.02. The molecule has 7 nitrogen and oxygen atoms in total. The molecule has 0 aliphatic carbocycles. The monoisotopic (exact) mass is 398 g/mol. The molecule has 152 valence electrons. The number of benzene rings is 1. The van der Waals surface area contributed by atoms with Crippen molar-refractivity contribution in [3.8, 4) is 11.4 Å². The number of aromatic nitrogens is 3. The Balaban J connectivity index is 2.19. The number of anilines is 2. The molecule has 3 rings (SSSR count). The number of aryl methyl sites for hydroxylation is 1. The van der Waals surface area contributed by atoms with Crippen LogP contribution < -0.4 is 10.1 Å². The fraction of sp³-hybridized carbons (Fsp3) is 0.286. The highest BCUT2D eigenvalue weighted by atomic mass is 19.1. The van der Waals surface area contributed by atoms with Crippen molar-refractivity contribution < 1.29 is 19.0 Å². The average molecular weight is 398 g/mol. The molecule has 0 radical (unpaired) electrons. The van der Waals surface area contributed by atoms with E-state index in [0.717, 1.165) is 23.5 Å². The number of methoxy groups -OCH3 is 1. The highest BCUT2D eigenvalue weighted by Gasteiger charge is 2.23. The smallest absolute Gasteiger partial charge is 0.339 e. The second kappa shape index (κ2) is 7.54. The lowest BCUT2D eigenvalue weighted by Gasteiger charge is -2.15. The van der Waals surface area contributed by atoms with E-state index in [1.807, 2.05) is 52.0 Å². The molecular formula is C21H23FN4O3. The maximum Gasteiger partial charge on any atom is 0.339 e. The molecule has 8 heteroatoms. The molecule has 3 aromatic rings. The molecule has 0 aliphatic rings. The molecule has 2 heterocycles. The lowest BCUT2D eigenvalue weighted by molar-refractivity contribution is 0.0697. The van der Waals surface area contributed by atoms with Crippen LogP contribution in [-0.4, -0.2) is 33.0 Å². The van der Waals surface area contributed by atoms with Gasteiger partial charge in [-0.05, 0) is 30.7 Å². The molecule has 0 atom stereocenters. The maximum atomic E-state index is 13.5. The molecule has 0 aliphatic heterocycles. The van der Waals surface area contributed by atoms with Gasteiger partial charge < -0.3 is 15.2 Å². The molecule has 2 aromatic heterocycles. The summed E-state index contributed by atoms with van der Waals surface area (Å²) >= 11 is 0. The van der Waals surface area contributed by atoms with E-state index in [1.165, 1.54) is 0 Å². The van der Waals surface area contributed by atoms with E-state index >= 15 is 0 Å². The van der Waals surface area contributed by atoms with Gasteiger partial charge in [0.1, 0.15) is 34.5 Å². The molecule has 0 unspecified atom stereocenters. The number of nitrogens with zero attached hydrogens (tertiary/aromatic N) is 3. The molecule has 2 N–H and O–H groups in total. The van der Waals surface area contributed by atoms with Gasteiger partial charge in [0.05, 0.1) is 19.0 Å². The SMILES string of the molecule is COc1ccc(C)cc1-n1nc(C(C)(C)C)cc1Nc1ncc(F)cc1C(=O)O. The van der Waals surface area contributed by atoms with Crippen LogP contribution in [0.5, 0.6) is 5.75 Å². The molecule has 29 heavy (non-hydrogen) atoms. The maximum absolute atomic E-state index is 13.5. The predicted octanol–water partition coefficient (Wildman–Crippen LogP) is 4.46. The van der Waals surface area contributed by atoms with Crippen LogP contribution in [0.2, 0.25) is 0 Å². The number of carbonyl (C=O) groups is 1. The first-order chi connectivity index (χ1) is 13.6. The third kappa shape index (κ3) is 4.21. The van der Waals surface area contributed by atoms with Crippen molar-refractivity contribution in [3.63, 3.8) is 0 Å². The number of hydrogen-bond donors (Lipinski definition) is 2. The summed E-state index contributed by atoms with van der Waals surface area (Å²) in [5.41, 5.74) is 1.94. The van der Waals surface area contributed by atoms with Crippen molar-refractivity contribution in [2.45, 2.75) is 33.1 Å². The van der Waals surface area contributed by atoms with Crippen molar-refractivity contribution in [1.82, 2.24) is 14.8 Å². The summed E-state index contributed by atoms with van der Waals surface area (Å²) in [4.78, 5) is 15.5. The van der Waals surface area contributed by atoms with Crippen LogP contribution in [0, 0.1) is 12.7 Å². The van der Waals surface area contributed by atoms with Crippen LogP contribution in [-0.2, 0) is 5.41 Å². The summed E-state index contributed by atoms with van der Waals surface area (Å²) in [6.07, 6.45) is 0.966. The molecule has 1 aromatic carbocycles. The summed E-state index contributed by atoms with van der Waals surface area (Å²) in [5.74, 6) is -0.896. The van der Waals surface area contributed by atoms with E-state index in [2.05, 4.69) is 10.3 Å². The number of aromatic carboxylic acids is 1. The Morgan fingerprint density at radius 2 is 1.97 bits per heavy atom. The number of rotatable bonds is 5. The van der Waals surface area contributed by atoms with Crippen LogP contribution >= 0.6 is 0 Å². The topological polar surface area (TPSA) is 89.3 Å². The minimum absolute atomic E-state index is 0.0205. The zero-order chi connectivity index (χ0) is 21.3. The third-order valence-corrected chi connectivity index (χ3v) is 4.37. The molecule has 0 fully saturated rings. The molecule has 0 saturated heterocycles. The first kappa shape index (κ1) is 20.3. The standard InChI is InChI=1S/C21H23FN4O3/c1-12-6-7-16(29-5)15(8-12)26-18(10-17(25-26)21(2,3)4)24-19-14(20(27)28)9-13(22)11-23-19/h6-11H,1-5H3,(H,23,24)(H,27,28). The number of carboxylic acids is 1. The fourth-order valence-electron chi connectivity index (χ4n) is 2.81. The van der Waals surface area contributed by atoms with Gasteiger partial charge in [0.15, 0.2) is 0 Å². The molecule has 0 amide bonds. The Kier molecular flexibility index (Phi) is 5.28. The lowest BCUT2D eigenvalue weighted by atomic mass is 9.92. The Morgan fingerprint density at radius 1 is 1.24 bits per heavy atom. The normalized spacial score (nSPS) is 11.4. The van der Waals surface area contributed by atoms with Crippen molar-refractivity contribution in [2.75, 3.05) is 12.4 Å². The van der Waals surface area contributed by atoms with Gasteiger partial charge in [0, 0.05) is 11.5 Å². The van der Waals surface area contributed by atoms with Crippen LogP contribution in [0.4, 0.5) is 16.0 Å². The number of pyridine rings is 1. The van der Waals surface area contributed by atoms with Crippen molar-refractivity contribution in [3.05, 3.63) is 59.2 Å². The largest absolute Gasteiger partial charge is 0.494 e. The van der Waals surface area contributed by atoms with Crippen LogP contribution in [0.3, 0.4) is 0 Å².